The minimum atomic E-state index is -3.64. The van der Waals surface area contributed by atoms with Crippen LogP contribution in [0.25, 0.3) is 10.8 Å². The van der Waals surface area contributed by atoms with E-state index in [1.54, 1.807) is 36.4 Å². The van der Waals surface area contributed by atoms with Crippen LogP contribution in [-0.4, -0.2) is 41.7 Å². The van der Waals surface area contributed by atoms with E-state index in [1.165, 1.54) is 0 Å². The van der Waals surface area contributed by atoms with Gasteiger partial charge in [0.05, 0.1) is 17.2 Å². The highest BCUT2D eigenvalue weighted by atomic mass is 32.2. The van der Waals surface area contributed by atoms with Gasteiger partial charge < -0.3 is 15.0 Å². The molecular formula is C24H28N4O4S2. The van der Waals surface area contributed by atoms with Crippen molar-refractivity contribution in [2.45, 2.75) is 24.2 Å². The third-order valence-electron chi connectivity index (χ3n) is 5.21. The quantitative estimate of drug-likeness (QED) is 0.370. The standard InChI is InChI=1S/C24H28N4O4S2/c1-28(2)21-13-8-11-19-18(21)10-9-15-23(19)34(30,31)25-16-6-3-7-17-32-22-14-5-4-12-20(22)26-24(29)27-33/h4-5,8-15,25H,3,6-7,16-17H2,1-2H3,(H,26,29). The zero-order valence-corrected chi connectivity index (χ0v) is 20.8. The lowest BCUT2D eigenvalue weighted by Gasteiger charge is -2.17. The van der Waals surface area contributed by atoms with Crippen molar-refractivity contribution in [3.8, 4) is 5.75 Å². The van der Waals surface area contributed by atoms with Gasteiger partial charge in [-0.1, -0.05) is 36.4 Å². The third-order valence-corrected chi connectivity index (χ3v) is 6.90. The Morgan fingerprint density at radius 1 is 0.971 bits per heavy atom. The number of amides is 2. The molecule has 0 heterocycles. The second-order valence-electron chi connectivity index (χ2n) is 7.85. The van der Waals surface area contributed by atoms with Crippen LogP contribution in [0.2, 0.25) is 0 Å². The Morgan fingerprint density at radius 3 is 2.47 bits per heavy atom. The molecule has 0 spiro atoms. The largest absolute Gasteiger partial charge is 0.491 e. The number of para-hydroxylation sites is 2. The Balaban J connectivity index is 1.50. The Labute approximate surface area is 205 Å². The number of fused-ring (bicyclic) bond motifs is 1. The average molecular weight is 501 g/mol. The van der Waals surface area contributed by atoms with Gasteiger partial charge in [0.1, 0.15) is 5.75 Å². The van der Waals surface area contributed by atoms with E-state index in [0.29, 0.717) is 36.4 Å². The van der Waals surface area contributed by atoms with Gasteiger partial charge in [-0.3, -0.25) is 0 Å². The molecule has 0 aliphatic carbocycles. The van der Waals surface area contributed by atoms with E-state index in [0.717, 1.165) is 23.9 Å². The fourth-order valence-electron chi connectivity index (χ4n) is 3.59. The third kappa shape index (κ3) is 6.49. The van der Waals surface area contributed by atoms with Gasteiger partial charge in [0.25, 0.3) is 0 Å². The van der Waals surface area contributed by atoms with Gasteiger partial charge in [-0.25, -0.2) is 17.9 Å². The summed E-state index contributed by atoms with van der Waals surface area (Å²) in [4.78, 5) is 13.6. The summed E-state index contributed by atoms with van der Waals surface area (Å²) >= 11 is 4.38. The molecule has 0 unspecified atom stereocenters. The zero-order valence-electron chi connectivity index (χ0n) is 19.2. The van der Waals surface area contributed by atoms with Gasteiger partial charge in [0.2, 0.25) is 10.0 Å². The highest BCUT2D eigenvalue weighted by Gasteiger charge is 2.18. The first-order chi connectivity index (χ1) is 16.3. The molecule has 34 heavy (non-hydrogen) atoms. The van der Waals surface area contributed by atoms with Gasteiger partial charge in [-0.2, -0.15) is 0 Å². The highest BCUT2D eigenvalue weighted by Crippen LogP contribution is 2.30. The van der Waals surface area contributed by atoms with E-state index >= 15 is 0 Å². The topological polar surface area (TPSA) is 100 Å². The first kappa shape index (κ1) is 25.5. The van der Waals surface area contributed by atoms with Crippen LogP contribution in [0.15, 0.2) is 69.9 Å². The summed E-state index contributed by atoms with van der Waals surface area (Å²) in [5, 5.41) is 4.15. The lowest BCUT2D eigenvalue weighted by atomic mass is 10.1. The van der Waals surface area contributed by atoms with Gasteiger partial charge >= 0.3 is 6.03 Å². The number of urea groups is 1. The van der Waals surface area contributed by atoms with Gasteiger partial charge in [-0.05, 0) is 43.5 Å². The number of sulfonamides is 1. The van der Waals surface area contributed by atoms with E-state index in [9.17, 15) is 13.2 Å². The number of benzene rings is 3. The molecule has 8 nitrogen and oxygen atoms in total. The normalized spacial score (nSPS) is 11.2. The first-order valence-corrected chi connectivity index (χ1v) is 12.7. The highest BCUT2D eigenvalue weighted by molar-refractivity contribution is 7.89. The fourth-order valence-corrected chi connectivity index (χ4v) is 4.93. The van der Waals surface area contributed by atoms with Crippen LogP contribution in [0, 0.1) is 0 Å². The summed E-state index contributed by atoms with van der Waals surface area (Å²) < 4.78 is 37.5. The second kappa shape index (κ2) is 11.9. The molecular weight excluding hydrogens is 472 g/mol. The van der Waals surface area contributed by atoms with Gasteiger partial charge in [-0.15, -0.1) is 4.36 Å². The average Bonchev–Trinajstić information content (AvgIpc) is 2.83. The van der Waals surface area contributed by atoms with Crippen LogP contribution < -0.4 is 19.7 Å². The molecule has 0 aromatic heterocycles. The molecule has 0 aliphatic rings. The van der Waals surface area contributed by atoms with Crippen molar-refractivity contribution in [1.82, 2.24) is 4.72 Å². The van der Waals surface area contributed by atoms with E-state index in [1.807, 2.05) is 43.3 Å². The molecule has 3 aromatic carbocycles. The summed E-state index contributed by atoms with van der Waals surface area (Å²) in [6.45, 7) is 0.764. The minimum Gasteiger partial charge on any atom is -0.491 e. The zero-order chi connectivity index (χ0) is 24.6. The van der Waals surface area contributed by atoms with Crippen molar-refractivity contribution in [1.29, 1.82) is 0 Å². The number of nitrogens with one attached hydrogen (secondary N) is 2. The number of ether oxygens (including phenoxy) is 1. The summed E-state index contributed by atoms with van der Waals surface area (Å²) in [6.07, 6.45) is 2.18. The van der Waals surface area contributed by atoms with Crippen molar-refractivity contribution >= 4 is 50.6 Å². The molecule has 180 valence electrons. The molecule has 3 aromatic rings. The molecule has 0 saturated heterocycles. The summed E-state index contributed by atoms with van der Waals surface area (Å²) in [7, 11) is 0.226. The van der Waals surface area contributed by atoms with Crippen LogP contribution in [0.4, 0.5) is 16.2 Å². The van der Waals surface area contributed by atoms with Crippen molar-refractivity contribution in [2.75, 3.05) is 37.5 Å². The molecule has 10 heteroatoms. The van der Waals surface area contributed by atoms with Gasteiger partial charge in [0, 0.05) is 49.5 Å². The first-order valence-electron chi connectivity index (χ1n) is 10.9. The monoisotopic (exact) mass is 500 g/mol. The summed E-state index contributed by atoms with van der Waals surface area (Å²) in [5.74, 6) is 0.531. The van der Waals surface area contributed by atoms with Crippen molar-refractivity contribution in [2.24, 2.45) is 4.36 Å². The van der Waals surface area contributed by atoms with Crippen LogP contribution in [0.5, 0.6) is 5.75 Å². The number of nitrogens with zero attached hydrogens (tertiary/aromatic N) is 2. The maximum Gasteiger partial charge on any atom is 0.356 e. The maximum atomic E-state index is 13.0. The smallest absolute Gasteiger partial charge is 0.356 e. The Kier molecular flexibility index (Phi) is 8.91. The lowest BCUT2D eigenvalue weighted by molar-refractivity contribution is 0.259. The number of hydrogen-bond donors (Lipinski definition) is 2. The summed E-state index contributed by atoms with van der Waals surface area (Å²) in [5.41, 5.74) is 1.47. The molecule has 3 rings (SSSR count). The second-order valence-corrected chi connectivity index (χ2v) is 9.77. The molecule has 0 atom stereocenters. The van der Waals surface area contributed by atoms with Crippen LogP contribution in [0.3, 0.4) is 0 Å². The molecule has 0 saturated carbocycles. The minimum absolute atomic E-state index is 0.279. The van der Waals surface area contributed by atoms with Crippen LogP contribution >= 0.6 is 0 Å². The van der Waals surface area contributed by atoms with Crippen LogP contribution in [-0.2, 0) is 22.4 Å². The van der Waals surface area contributed by atoms with E-state index in [4.69, 9.17) is 4.74 Å². The van der Waals surface area contributed by atoms with E-state index in [2.05, 4.69) is 26.8 Å². The molecule has 2 N–H and O–H groups in total. The Bertz CT molecular complexity index is 1260. The maximum absolute atomic E-state index is 13.0. The molecule has 0 bridgehead atoms. The molecule has 0 fully saturated rings. The predicted molar refractivity (Wildman–Crippen MR) is 138 cm³/mol. The van der Waals surface area contributed by atoms with Gasteiger partial charge in [0.15, 0.2) is 0 Å². The summed E-state index contributed by atoms with van der Waals surface area (Å²) in [6, 6.07) is 17.4. The number of rotatable bonds is 11. The number of carbonyl (C=O) groups excluding carboxylic acids is 1. The number of anilines is 2. The molecule has 0 aliphatic heterocycles. The lowest BCUT2D eigenvalue weighted by Crippen LogP contribution is -2.25. The molecule has 0 radical (unpaired) electrons. The predicted octanol–water partition coefficient (Wildman–Crippen LogP) is 4.70. The van der Waals surface area contributed by atoms with E-state index < -0.39 is 16.1 Å². The number of carbonyl (C=O) groups is 1. The van der Waals surface area contributed by atoms with Crippen LogP contribution in [0.1, 0.15) is 19.3 Å². The van der Waals surface area contributed by atoms with Crippen molar-refractivity contribution in [3.05, 3.63) is 60.7 Å². The Hall–Kier alpha value is -3.08. The van der Waals surface area contributed by atoms with Crippen molar-refractivity contribution in [3.63, 3.8) is 0 Å². The Morgan fingerprint density at radius 2 is 1.71 bits per heavy atom. The fraction of sp³-hybridized carbons (Fsp3) is 0.292. The van der Waals surface area contributed by atoms with Crippen molar-refractivity contribution < 1.29 is 17.9 Å². The van der Waals surface area contributed by atoms with E-state index in [-0.39, 0.29) is 4.90 Å². The number of unbranched alkanes of at least 4 members (excludes halogenated alkanes) is 2. The number of hydrogen-bond acceptors (Lipinski definition) is 6. The SMILES string of the molecule is CN(C)c1cccc2c(S(=O)(=O)NCCCCCOc3ccccc3NC(=O)N=S)cccc12. The molecule has 2 amide bonds.